The molecular formula is C22H25ClN2O2. The number of nitriles is 1. The first-order chi connectivity index (χ1) is 13.2. The predicted molar refractivity (Wildman–Crippen MR) is 107 cm³/mol. The topological polar surface area (TPSA) is 54.3 Å². The molecule has 2 aromatic carbocycles. The average Bonchev–Trinajstić information content (AvgIpc) is 3.52. The normalized spacial score (nSPS) is 14.4. The van der Waals surface area contributed by atoms with E-state index in [0.29, 0.717) is 37.2 Å². The fourth-order valence-electron chi connectivity index (χ4n) is 3.16. The average molecular weight is 385 g/mol. The van der Waals surface area contributed by atoms with Gasteiger partial charge in [0.1, 0.15) is 0 Å². The second-order valence-corrected chi connectivity index (χ2v) is 7.28. The van der Waals surface area contributed by atoms with Crippen LogP contribution in [0.1, 0.15) is 42.9 Å². The number of rotatable bonds is 10. The summed E-state index contributed by atoms with van der Waals surface area (Å²) in [6.07, 6.45) is 3.72. The summed E-state index contributed by atoms with van der Waals surface area (Å²) in [4.78, 5) is 0. The molecule has 0 aromatic heterocycles. The molecule has 0 radical (unpaired) electrons. The molecule has 0 heterocycles. The Kier molecular flexibility index (Phi) is 6.98. The van der Waals surface area contributed by atoms with E-state index in [4.69, 9.17) is 26.3 Å². The summed E-state index contributed by atoms with van der Waals surface area (Å²) < 4.78 is 11.2. The van der Waals surface area contributed by atoms with Crippen LogP contribution in [0.2, 0.25) is 5.02 Å². The first kappa shape index (κ1) is 19.5. The fraction of sp³-hybridized carbons (Fsp3) is 0.409. The van der Waals surface area contributed by atoms with Crippen LogP contribution in [0.25, 0.3) is 0 Å². The minimum atomic E-state index is 0.337. The van der Waals surface area contributed by atoms with Crippen LogP contribution in [-0.4, -0.2) is 13.7 Å². The van der Waals surface area contributed by atoms with Gasteiger partial charge in [0.25, 0.3) is 0 Å². The Hall–Kier alpha value is -2.22. The third-order valence-electron chi connectivity index (χ3n) is 4.77. The lowest BCUT2D eigenvalue weighted by molar-refractivity contribution is 0.290. The highest BCUT2D eigenvalue weighted by atomic mass is 35.5. The van der Waals surface area contributed by atoms with Crippen molar-refractivity contribution in [2.45, 2.75) is 38.3 Å². The van der Waals surface area contributed by atoms with Crippen LogP contribution < -0.4 is 14.8 Å². The summed E-state index contributed by atoms with van der Waals surface area (Å²) in [5, 5.41) is 13.1. The summed E-state index contributed by atoms with van der Waals surface area (Å²) in [7, 11) is 1.64. The molecule has 1 aliphatic carbocycles. The molecule has 0 aliphatic heterocycles. The Morgan fingerprint density at radius 1 is 1.19 bits per heavy atom. The molecule has 0 bridgehead atoms. The molecule has 27 heavy (non-hydrogen) atoms. The van der Waals surface area contributed by atoms with Crippen molar-refractivity contribution in [3.63, 3.8) is 0 Å². The van der Waals surface area contributed by atoms with E-state index in [1.54, 1.807) is 7.11 Å². The molecule has 1 N–H and O–H groups in total. The minimum Gasteiger partial charge on any atom is -0.493 e. The van der Waals surface area contributed by atoms with Crippen molar-refractivity contribution in [3.8, 4) is 17.6 Å². The van der Waals surface area contributed by atoms with Crippen LogP contribution >= 0.6 is 11.6 Å². The highest BCUT2D eigenvalue weighted by molar-refractivity contribution is 6.30. The SMILES string of the molecule is COc1ccc(CNC(c2ccc(Cl)cc2)C2CC2)cc1OCCCC#N. The molecular weight excluding hydrogens is 360 g/mol. The molecule has 0 spiro atoms. The maximum Gasteiger partial charge on any atom is 0.161 e. The minimum absolute atomic E-state index is 0.337. The zero-order chi connectivity index (χ0) is 19.1. The third-order valence-corrected chi connectivity index (χ3v) is 5.02. The number of unbranched alkanes of at least 4 members (excludes halogenated alkanes) is 1. The van der Waals surface area contributed by atoms with Crippen molar-refractivity contribution in [1.82, 2.24) is 5.32 Å². The first-order valence-corrected chi connectivity index (χ1v) is 9.74. The molecule has 4 nitrogen and oxygen atoms in total. The van der Waals surface area contributed by atoms with Crippen LogP contribution in [0, 0.1) is 17.2 Å². The summed E-state index contributed by atoms with van der Waals surface area (Å²) in [6, 6.07) is 16.6. The van der Waals surface area contributed by atoms with Crippen LogP contribution in [0.5, 0.6) is 11.5 Å². The van der Waals surface area contributed by atoms with Crippen molar-refractivity contribution >= 4 is 11.6 Å². The Bertz CT molecular complexity index is 782. The van der Waals surface area contributed by atoms with Crippen molar-refractivity contribution in [2.24, 2.45) is 5.92 Å². The molecule has 0 saturated heterocycles. The monoisotopic (exact) mass is 384 g/mol. The Morgan fingerprint density at radius 2 is 1.96 bits per heavy atom. The van der Waals surface area contributed by atoms with E-state index in [1.807, 2.05) is 24.3 Å². The van der Waals surface area contributed by atoms with E-state index in [2.05, 4.69) is 29.6 Å². The number of halogens is 1. The van der Waals surface area contributed by atoms with E-state index in [9.17, 15) is 0 Å². The van der Waals surface area contributed by atoms with Gasteiger partial charge < -0.3 is 14.8 Å². The maximum absolute atomic E-state index is 8.64. The number of hydrogen-bond acceptors (Lipinski definition) is 4. The molecule has 142 valence electrons. The number of benzene rings is 2. The Labute approximate surface area is 166 Å². The molecule has 3 rings (SSSR count). The van der Waals surface area contributed by atoms with Gasteiger partial charge in [0.2, 0.25) is 0 Å². The molecule has 1 atom stereocenters. The Balaban J connectivity index is 1.65. The van der Waals surface area contributed by atoms with E-state index in [1.165, 1.54) is 18.4 Å². The van der Waals surface area contributed by atoms with Crippen LogP contribution in [-0.2, 0) is 6.54 Å². The lowest BCUT2D eigenvalue weighted by atomic mass is 10.0. The second-order valence-electron chi connectivity index (χ2n) is 6.84. The van der Waals surface area contributed by atoms with Gasteiger partial charge in [-0.05, 0) is 60.6 Å². The molecule has 1 aliphatic rings. The summed E-state index contributed by atoms with van der Waals surface area (Å²) in [5.41, 5.74) is 2.43. The highest BCUT2D eigenvalue weighted by Gasteiger charge is 2.31. The van der Waals surface area contributed by atoms with Gasteiger partial charge in [-0.15, -0.1) is 0 Å². The van der Waals surface area contributed by atoms with Gasteiger partial charge in [0.05, 0.1) is 19.8 Å². The van der Waals surface area contributed by atoms with Gasteiger partial charge in [0, 0.05) is 24.0 Å². The van der Waals surface area contributed by atoms with Gasteiger partial charge in [-0.1, -0.05) is 29.8 Å². The lowest BCUT2D eigenvalue weighted by Crippen LogP contribution is -2.22. The molecule has 0 amide bonds. The van der Waals surface area contributed by atoms with Gasteiger partial charge in [-0.25, -0.2) is 0 Å². The Morgan fingerprint density at radius 3 is 2.63 bits per heavy atom. The van der Waals surface area contributed by atoms with Gasteiger partial charge in [-0.3, -0.25) is 0 Å². The lowest BCUT2D eigenvalue weighted by Gasteiger charge is -2.20. The van der Waals surface area contributed by atoms with Gasteiger partial charge in [-0.2, -0.15) is 5.26 Å². The molecule has 1 unspecified atom stereocenters. The molecule has 1 saturated carbocycles. The fourth-order valence-corrected chi connectivity index (χ4v) is 3.29. The summed E-state index contributed by atoms with van der Waals surface area (Å²) >= 11 is 6.03. The predicted octanol–water partition coefficient (Wildman–Crippen LogP) is 5.27. The number of nitrogens with one attached hydrogen (secondary N) is 1. The van der Waals surface area contributed by atoms with E-state index < -0.39 is 0 Å². The standard InChI is InChI=1S/C22H25ClN2O2/c1-26-20-11-4-16(14-21(20)27-13-3-2-12-24)15-25-22(17-5-6-17)18-7-9-19(23)10-8-18/h4,7-11,14,17,22,25H,2-3,5-6,13,15H2,1H3. The number of methoxy groups -OCH3 is 1. The molecule has 2 aromatic rings. The number of nitrogens with zero attached hydrogens (tertiary/aromatic N) is 1. The van der Waals surface area contributed by atoms with Crippen molar-refractivity contribution in [1.29, 1.82) is 5.26 Å². The van der Waals surface area contributed by atoms with Crippen molar-refractivity contribution < 1.29 is 9.47 Å². The van der Waals surface area contributed by atoms with Gasteiger partial charge in [0.15, 0.2) is 11.5 Å². The summed E-state index contributed by atoms with van der Waals surface area (Å²) in [6.45, 7) is 1.26. The van der Waals surface area contributed by atoms with E-state index in [-0.39, 0.29) is 0 Å². The second kappa shape index (κ2) is 9.64. The molecule has 1 fully saturated rings. The largest absolute Gasteiger partial charge is 0.493 e. The van der Waals surface area contributed by atoms with Crippen molar-refractivity contribution in [2.75, 3.05) is 13.7 Å². The maximum atomic E-state index is 8.64. The van der Waals surface area contributed by atoms with Crippen molar-refractivity contribution in [3.05, 3.63) is 58.6 Å². The first-order valence-electron chi connectivity index (χ1n) is 9.37. The van der Waals surface area contributed by atoms with Crippen LogP contribution in [0.4, 0.5) is 0 Å². The highest BCUT2D eigenvalue weighted by Crippen LogP contribution is 2.41. The van der Waals surface area contributed by atoms with E-state index in [0.717, 1.165) is 22.9 Å². The molecule has 5 heteroatoms. The zero-order valence-corrected chi connectivity index (χ0v) is 16.3. The zero-order valence-electron chi connectivity index (χ0n) is 15.6. The third kappa shape index (κ3) is 5.63. The number of hydrogen-bond donors (Lipinski definition) is 1. The van der Waals surface area contributed by atoms with Crippen LogP contribution in [0.15, 0.2) is 42.5 Å². The van der Waals surface area contributed by atoms with E-state index >= 15 is 0 Å². The summed E-state index contributed by atoms with van der Waals surface area (Å²) in [5.74, 6) is 2.13. The number of ether oxygens (including phenoxy) is 2. The van der Waals surface area contributed by atoms with Crippen LogP contribution in [0.3, 0.4) is 0 Å². The van der Waals surface area contributed by atoms with Gasteiger partial charge >= 0.3 is 0 Å². The quantitative estimate of drug-likeness (QED) is 0.567. The smallest absolute Gasteiger partial charge is 0.161 e.